The minimum atomic E-state index is -4.65. The molecular formula is C21H21F3N6O2. The summed E-state index contributed by atoms with van der Waals surface area (Å²) in [6.45, 7) is 0.214. The highest BCUT2D eigenvalue weighted by Gasteiger charge is 2.56. The standard InChI is InChI=1S/C21H21F3N6O2/c22-21(23,24)16-10-29(13-2-1-12(7-25)17-18(13)28-6-5-27-17)8-14(32-16)19(31)30-9-15(26)20(11-30)3-4-20/h1-2,5-6,14-16H,3-4,8-11,26H2/t14-,15-,16+/m1/s1. The van der Waals surface area contributed by atoms with E-state index in [1.54, 1.807) is 6.07 Å². The number of nitriles is 1. The number of hydrogen-bond donors (Lipinski definition) is 1. The lowest BCUT2D eigenvalue weighted by Crippen LogP contribution is -2.57. The van der Waals surface area contributed by atoms with Crippen molar-refractivity contribution in [3.8, 4) is 6.07 Å². The van der Waals surface area contributed by atoms with Crippen molar-refractivity contribution in [1.82, 2.24) is 14.9 Å². The van der Waals surface area contributed by atoms with E-state index in [1.165, 1.54) is 28.3 Å². The van der Waals surface area contributed by atoms with Gasteiger partial charge in [0.2, 0.25) is 0 Å². The van der Waals surface area contributed by atoms with Gasteiger partial charge in [0, 0.05) is 36.9 Å². The number of rotatable bonds is 2. The maximum absolute atomic E-state index is 13.7. The van der Waals surface area contributed by atoms with Crippen molar-refractivity contribution in [2.45, 2.75) is 37.3 Å². The van der Waals surface area contributed by atoms with E-state index in [0.717, 1.165) is 12.8 Å². The van der Waals surface area contributed by atoms with Crippen LogP contribution in [0.15, 0.2) is 24.5 Å². The molecule has 1 saturated carbocycles. The van der Waals surface area contributed by atoms with Crippen LogP contribution in [-0.2, 0) is 9.53 Å². The van der Waals surface area contributed by atoms with Gasteiger partial charge >= 0.3 is 6.18 Å². The molecule has 3 heterocycles. The molecule has 2 saturated heterocycles. The molecule has 0 radical (unpaired) electrons. The van der Waals surface area contributed by atoms with Crippen LogP contribution in [0.4, 0.5) is 18.9 Å². The number of benzene rings is 1. The number of hydrogen-bond acceptors (Lipinski definition) is 7. The van der Waals surface area contributed by atoms with Gasteiger partial charge in [-0.25, -0.2) is 0 Å². The summed E-state index contributed by atoms with van der Waals surface area (Å²) in [6.07, 6.45) is -3.39. The lowest BCUT2D eigenvalue weighted by atomic mass is 10.0. The Morgan fingerprint density at radius 3 is 2.53 bits per heavy atom. The summed E-state index contributed by atoms with van der Waals surface area (Å²) < 4.78 is 46.4. The van der Waals surface area contributed by atoms with Crippen molar-refractivity contribution in [3.63, 3.8) is 0 Å². The minimum Gasteiger partial charge on any atom is -0.364 e. The van der Waals surface area contributed by atoms with Gasteiger partial charge in [-0.15, -0.1) is 0 Å². The second-order valence-electron chi connectivity index (χ2n) is 8.75. The number of carbonyl (C=O) groups excluding carboxylic acids is 1. The molecule has 5 rings (SSSR count). The minimum absolute atomic E-state index is 0.0677. The van der Waals surface area contributed by atoms with Gasteiger partial charge in [0.15, 0.2) is 12.2 Å². The molecule has 1 spiro atoms. The molecule has 11 heteroatoms. The third-order valence-electron chi connectivity index (χ3n) is 6.72. The summed E-state index contributed by atoms with van der Waals surface area (Å²) in [6, 6.07) is 4.89. The number of nitrogens with zero attached hydrogens (tertiary/aromatic N) is 5. The Kier molecular flexibility index (Phi) is 4.76. The number of aromatic nitrogens is 2. The van der Waals surface area contributed by atoms with Gasteiger partial charge in [0.05, 0.1) is 24.3 Å². The lowest BCUT2D eigenvalue weighted by Gasteiger charge is -2.40. The molecule has 3 aliphatic rings. The number of nitrogens with two attached hydrogens (primary N) is 1. The number of morpholine rings is 1. The molecule has 8 nitrogen and oxygen atoms in total. The third-order valence-corrected chi connectivity index (χ3v) is 6.72. The van der Waals surface area contributed by atoms with Crippen LogP contribution in [0.1, 0.15) is 18.4 Å². The van der Waals surface area contributed by atoms with Gasteiger partial charge in [-0.1, -0.05) is 0 Å². The third kappa shape index (κ3) is 3.43. The first-order valence-electron chi connectivity index (χ1n) is 10.4. The number of carbonyl (C=O) groups is 1. The molecule has 1 amide bonds. The van der Waals surface area contributed by atoms with Crippen LogP contribution in [-0.4, -0.2) is 71.4 Å². The first kappa shape index (κ1) is 20.9. The quantitative estimate of drug-likeness (QED) is 0.746. The molecule has 2 N–H and O–H groups in total. The number of alkyl halides is 3. The molecule has 3 atom stereocenters. The van der Waals surface area contributed by atoms with E-state index in [2.05, 4.69) is 9.97 Å². The molecule has 0 unspecified atom stereocenters. The molecule has 1 aromatic carbocycles. The molecule has 2 aromatic rings. The zero-order valence-corrected chi connectivity index (χ0v) is 17.0. The van der Waals surface area contributed by atoms with Crippen molar-refractivity contribution in [3.05, 3.63) is 30.1 Å². The van der Waals surface area contributed by atoms with Gasteiger partial charge in [0.25, 0.3) is 5.91 Å². The molecule has 3 fully saturated rings. The average molecular weight is 446 g/mol. The van der Waals surface area contributed by atoms with Gasteiger partial charge in [-0.2, -0.15) is 18.4 Å². The monoisotopic (exact) mass is 446 g/mol. The highest BCUT2D eigenvalue weighted by molar-refractivity contribution is 5.92. The van der Waals surface area contributed by atoms with E-state index in [1.807, 2.05) is 6.07 Å². The Morgan fingerprint density at radius 1 is 1.19 bits per heavy atom. The van der Waals surface area contributed by atoms with Crippen molar-refractivity contribution < 1.29 is 22.7 Å². The van der Waals surface area contributed by atoms with Crippen LogP contribution in [0.3, 0.4) is 0 Å². The molecule has 168 valence electrons. The largest absolute Gasteiger partial charge is 0.416 e. The Labute approximate surface area is 181 Å². The average Bonchev–Trinajstić information content (AvgIpc) is 3.49. The summed E-state index contributed by atoms with van der Waals surface area (Å²) >= 11 is 0. The zero-order valence-electron chi connectivity index (χ0n) is 17.0. The van der Waals surface area contributed by atoms with Gasteiger partial charge in [-0.05, 0) is 25.0 Å². The number of anilines is 1. The maximum atomic E-state index is 13.7. The van der Waals surface area contributed by atoms with Crippen LogP contribution >= 0.6 is 0 Å². The van der Waals surface area contributed by atoms with E-state index in [-0.39, 0.29) is 23.6 Å². The predicted molar refractivity (Wildman–Crippen MR) is 107 cm³/mol. The van der Waals surface area contributed by atoms with Crippen molar-refractivity contribution in [2.75, 3.05) is 31.1 Å². The fourth-order valence-electron chi connectivity index (χ4n) is 4.71. The Bertz CT molecular complexity index is 1110. The Morgan fingerprint density at radius 2 is 1.91 bits per heavy atom. The van der Waals surface area contributed by atoms with Crippen molar-refractivity contribution in [1.29, 1.82) is 5.26 Å². The first-order valence-corrected chi connectivity index (χ1v) is 10.4. The maximum Gasteiger partial charge on any atom is 0.416 e. The molecule has 0 bridgehead atoms. The van der Waals surface area contributed by atoms with Crippen LogP contribution in [0.25, 0.3) is 11.0 Å². The van der Waals surface area contributed by atoms with Crippen molar-refractivity contribution >= 4 is 22.6 Å². The molecule has 1 aromatic heterocycles. The first-order chi connectivity index (χ1) is 15.2. The summed E-state index contributed by atoms with van der Waals surface area (Å²) in [5, 5.41) is 9.33. The smallest absolute Gasteiger partial charge is 0.364 e. The number of amides is 1. The zero-order chi connectivity index (χ0) is 22.7. The van der Waals surface area contributed by atoms with Crippen molar-refractivity contribution in [2.24, 2.45) is 11.1 Å². The van der Waals surface area contributed by atoms with E-state index >= 15 is 0 Å². The summed E-state index contributed by atoms with van der Waals surface area (Å²) in [7, 11) is 0. The van der Waals surface area contributed by atoms with E-state index in [0.29, 0.717) is 29.8 Å². The van der Waals surface area contributed by atoms with Gasteiger partial charge in [0.1, 0.15) is 17.1 Å². The van der Waals surface area contributed by atoms with Crippen LogP contribution in [0, 0.1) is 16.7 Å². The Hall–Kier alpha value is -2.97. The summed E-state index contributed by atoms with van der Waals surface area (Å²) in [4.78, 5) is 24.6. The highest BCUT2D eigenvalue weighted by atomic mass is 19.4. The fourth-order valence-corrected chi connectivity index (χ4v) is 4.71. The normalized spacial score (nSPS) is 27.0. The SMILES string of the molecule is N#Cc1ccc(N2C[C@@H](C(F)(F)F)O[C@@H](C(=O)N3C[C@@H](N)C4(CC4)C3)C2)c2nccnc12. The van der Waals surface area contributed by atoms with Crippen LogP contribution in [0.2, 0.25) is 0 Å². The van der Waals surface area contributed by atoms with Crippen LogP contribution in [0.5, 0.6) is 0 Å². The van der Waals surface area contributed by atoms with Crippen LogP contribution < -0.4 is 10.6 Å². The highest BCUT2D eigenvalue weighted by Crippen LogP contribution is 2.52. The molecule has 1 aliphatic carbocycles. The number of halogens is 3. The molecule has 2 aliphatic heterocycles. The van der Waals surface area contributed by atoms with E-state index < -0.39 is 30.8 Å². The second-order valence-corrected chi connectivity index (χ2v) is 8.75. The lowest BCUT2D eigenvalue weighted by molar-refractivity contribution is -0.235. The predicted octanol–water partition coefficient (Wildman–Crippen LogP) is 1.59. The number of likely N-dealkylation sites (tertiary alicyclic amines) is 1. The van der Waals surface area contributed by atoms with E-state index in [9.17, 15) is 23.2 Å². The topological polar surface area (TPSA) is 108 Å². The Balaban J connectivity index is 1.47. The fraction of sp³-hybridized carbons (Fsp3) is 0.524. The second kappa shape index (κ2) is 7.28. The number of fused-ring (bicyclic) bond motifs is 1. The van der Waals surface area contributed by atoms with Gasteiger partial charge in [-0.3, -0.25) is 14.8 Å². The summed E-state index contributed by atoms with van der Waals surface area (Å²) in [5.74, 6) is -0.479. The van der Waals surface area contributed by atoms with E-state index in [4.69, 9.17) is 10.5 Å². The molecule has 32 heavy (non-hydrogen) atoms. The molecular weight excluding hydrogens is 425 g/mol. The summed E-state index contributed by atoms with van der Waals surface area (Å²) in [5.41, 5.74) is 7.33. The van der Waals surface area contributed by atoms with Gasteiger partial charge < -0.3 is 20.3 Å². The number of ether oxygens (including phenoxy) is 1.